The summed E-state index contributed by atoms with van der Waals surface area (Å²) in [6.07, 6.45) is 3.82. The fourth-order valence-corrected chi connectivity index (χ4v) is 2.65. The molecule has 136 valence electrons. The number of rotatable bonds is 8. The highest BCUT2D eigenvalue weighted by Gasteiger charge is 2.18. The van der Waals surface area contributed by atoms with Crippen molar-refractivity contribution in [2.75, 3.05) is 13.2 Å². The summed E-state index contributed by atoms with van der Waals surface area (Å²) < 4.78 is 14.8. The maximum atomic E-state index is 13.1. The van der Waals surface area contributed by atoms with E-state index in [1.54, 1.807) is 23.0 Å². The molecule has 2 rings (SSSR count). The van der Waals surface area contributed by atoms with Crippen LogP contribution in [0.1, 0.15) is 49.7 Å². The highest BCUT2D eigenvalue weighted by molar-refractivity contribution is 5.95. The predicted octanol–water partition coefficient (Wildman–Crippen LogP) is 3.10. The Labute approximate surface area is 147 Å². The number of hydrogen-bond acceptors (Lipinski definition) is 3. The first-order chi connectivity index (χ1) is 11.9. The quantitative estimate of drug-likeness (QED) is 0.721. The van der Waals surface area contributed by atoms with Crippen molar-refractivity contribution in [3.05, 3.63) is 47.5 Å². The number of nitrogens with zero attached hydrogens (tertiary/aromatic N) is 2. The molecule has 6 heteroatoms. The molecule has 0 atom stereocenters. The number of halogens is 1. The molecule has 0 spiro atoms. The number of aliphatic hydroxyl groups excluding tert-OH is 1. The van der Waals surface area contributed by atoms with Gasteiger partial charge in [-0.15, -0.1) is 0 Å². The summed E-state index contributed by atoms with van der Waals surface area (Å²) in [6.45, 7) is 6.63. The van der Waals surface area contributed by atoms with Crippen LogP contribution in [0.4, 0.5) is 4.39 Å². The van der Waals surface area contributed by atoms with Crippen LogP contribution in [0.5, 0.6) is 0 Å². The molecule has 0 saturated carbocycles. The molecule has 2 aromatic rings. The molecule has 1 aromatic carbocycles. The van der Waals surface area contributed by atoms with Gasteiger partial charge in [0, 0.05) is 13.2 Å². The molecule has 0 unspecified atom stereocenters. The highest BCUT2D eigenvalue weighted by atomic mass is 19.1. The molecular weight excluding hydrogens is 321 g/mol. The van der Waals surface area contributed by atoms with Crippen LogP contribution < -0.4 is 5.32 Å². The number of aromatic nitrogens is 2. The molecule has 1 amide bonds. The number of nitrogens with one attached hydrogen (secondary N) is 1. The van der Waals surface area contributed by atoms with E-state index in [4.69, 9.17) is 0 Å². The second kappa shape index (κ2) is 8.25. The van der Waals surface area contributed by atoms with Gasteiger partial charge in [-0.25, -0.2) is 9.07 Å². The molecule has 0 aliphatic heterocycles. The molecule has 0 fully saturated rings. The zero-order chi connectivity index (χ0) is 18.4. The highest BCUT2D eigenvalue weighted by Crippen LogP contribution is 2.20. The van der Waals surface area contributed by atoms with E-state index >= 15 is 0 Å². The monoisotopic (exact) mass is 347 g/mol. The van der Waals surface area contributed by atoms with Gasteiger partial charge >= 0.3 is 0 Å². The Bertz CT molecular complexity index is 708. The summed E-state index contributed by atoms with van der Waals surface area (Å²) >= 11 is 0. The minimum atomic E-state index is -0.308. The molecule has 5 nitrogen and oxygen atoms in total. The number of aliphatic hydroxyl groups is 1. The van der Waals surface area contributed by atoms with Crippen molar-refractivity contribution in [2.45, 2.75) is 40.0 Å². The van der Waals surface area contributed by atoms with Gasteiger partial charge in [0.25, 0.3) is 5.91 Å². The van der Waals surface area contributed by atoms with Crippen molar-refractivity contribution < 1.29 is 14.3 Å². The Hall–Kier alpha value is -2.21. The lowest BCUT2D eigenvalue weighted by Gasteiger charge is -2.21. The van der Waals surface area contributed by atoms with Gasteiger partial charge in [-0.2, -0.15) is 5.10 Å². The van der Waals surface area contributed by atoms with Gasteiger partial charge in [0.2, 0.25) is 0 Å². The van der Waals surface area contributed by atoms with Gasteiger partial charge < -0.3 is 10.4 Å². The van der Waals surface area contributed by atoms with Gasteiger partial charge in [-0.1, -0.05) is 20.8 Å². The molecule has 2 N–H and O–H groups in total. The molecule has 0 saturated heterocycles. The largest absolute Gasteiger partial charge is 0.396 e. The first-order valence-corrected chi connectivity index (χ1v) is 8.60. The number of hydrogen-bond donors (Lipinski definition) is 2. The summed E-state index contributed by atoms with van der Waals surface area (Å²) in [5.41, 5.74) is 1.92. The number of amides is 1. The summed E-state index contributed by atoms with van der Waals surface area (Å²) in [6, 6.07) is 6.03. The normalized spacial score (nSPS) is 11.6. The molecular formula is C19H26FN3O2. The lowest BCUT2D eigenvalue weighted by atomic mass is 9.89. The van der Waals surface area contributed by atoms with Gasteiger partial charge in [0.15, 0.2) is 0 Å². The third-order valence-corrected chi connectivity index (χ3v) is 4.26. The van der Waals surface area contributed by atoms with E-state index in [0.717, 1.165) is 24.2 Å². The topological polar surface area (TPSA) is 67.2 Å². The number of carbonyl (C=O) groups is 1. The first kappa shape index (κ1) is 19.1. The molecule has 0 radical (unpaired) electrons. The van der Waals surface area contributed by atoms with Crippen molar-refractivity contribution in [1.29, 1.82) is 0 Å². The predicted molar refractivity (Wildman–Crippen MR) is 95.3 cm³/mol. The SMILES string of the molecule is CCc1c(C(=O)NCCCC(C)(C)CO)cnn1-c1ccc(F)cc1. The molecule has 0 aliphatic rings. The van der Waals surface area contributed by atoms with Crippen LogP contribution in [0.2, 0.25) is 0 Å². The van der Waals surface area contributed by atoms with Crippen molar-refractivity contribution >= 4 is 5.91 Å². The fourth-order valence-electron chi connectivity index (χ4n) is 2.65. The third kappa shape index (κ3) is 4.89. The van der Waals surface area contributed by atoms with E-state index in [9.17, 15) is 14.3 Å². The third-order valence-electron chi connectivity index (χ3n) is 4.26. The van der Waals surface area contributed by atoms with E-state index in [1.807, 2.05) is 20.8 Å². The van der Waals surface area contributed by atoms with Crippen LogP contribution in [0, 0.1) is 11.2 Å². The van der Waals surface area contributed by atoms with Crippen molar-refractivity contribution in [3.63, 3.8) is 0 Å². The van der Waals surface area contributed by atoms with Crippen LogP contribution in [-0.2, 0) is 6.42 Å². The Morgan fingerprint density at radius 1 is 1.32 bits per heavy atom. The van der Waals surface area contributed by atoms with E-state index < -0.39 is 0 Å². The van der Waals surface area contributed by atoms with E-state index in [0.29, 0.717) is 18.5 Å². The number of benzene rings is 1. The lowest BCUT2D eigenvalue weighted by Crippen LogP contribution is -2.27. The fraction of sp³-hybridized carbons (Fsp3) is 0.474. The van der Waals surface area contributed by atoms with E-state index in [-0.39, 0.29) is 23.7 Å². The average Bonchev–Trinajstić information content (AvgIpc) is 3.03. The molecule has 0 aliphatic carbocycles. The molecule has 1 aromatic heterocycles. The van der Waals surface area contributed by atoms with Gasteiger partial charge in [-0.3, -0.25) is 4.79 Å². The Morgan fingerprint density at radius 2 is 2.00 bits per heavy atom. The van der Waals surface area contributed by atoms with Crippen LogP contribution in [0.15, 0.2) is 30.5 Å². The minimum Gasteiger partial charge on any atom is -0.396 e. The van der Waals surface area contributed by atoms with E-state index in [2.05, 4.69) is 10.4 Å². The second-order valence-corrected chi connectivity index (χ2v) is 6.93. The van der Waals surface area contributed by atoms with Crippen LogP contribution >= 0.6 is 0 Å². The van der Waals surface area contributed by atoms with Crippen molar-refractivity contribution in [3.8, 4) is 5.69 Å². The van der Waals surface area contributed by atoms with Crippen molar-refractivity contribution in [2.24, 2.45) is 5.41 Å². The van der Waals surface area contributed by atoms with Gasteiger partial charge in [-0.05, 0) is 48.9 Å². The lowest BCUT2D eigenvalue weighted by molar-refractivity contribution is 0.0947. The molecule has 25 heavy (non-hydrogen) atoms. The zero-order valence-corrected chi connectivity index (χ0v) is 15.1. The van der Waals surface area contributed by atoms with Gasteiger partial charge in [0.1, 0.15) is 5.82 Å². The first-order valence-electron chi connectivity index (χ1n) is 8.60. The maximum Gasteiger partial charge on any atom is 0.254 e. The summed E-state index contributed by atoms with van der Waals surface area (Å²) in [5.74, 6) is -0.468. The van der Waals surface area contributed by atoms with Gasteiger partial charge in [0.05, 0.1) is 23.1 Å². The standard InChI is InChI=1S/C19H26FN3O2/c1-4-17-16(18(25)21-11-5-10-19(2,3)13-24)12-22-23(17)15-8-6-14(20)7-9-15/h6-9,12,24H,4-5,10-11,13H2,1-3H3,(H,21,25). The number of carbonyl (C=O) groups excluding carboxylic acids is 1. The average molecular weight is 347 g/mol. The second-order valence-electron chi connectivity index (χ2n) is 6.93. The smallest absolute Gasteiger partial charge is 0.254 e. The maximum absolute atomic E-state index is 13.1. The van der Waals surface area contributed by atoms with E-state index in [1.165, 1.54) is 12.1 Å². The summed E-state index contributed by atoms with van der Waals surface area (Å²) in [5, 5.41) is 16.5. The van der Waals surface area contributed by atoms with Crippen LogP contribution in [0.25, 0.3) is 5.69 Å². The molecule has 1 heterocycles. The summed E-state index contributed by atoms with van der Waals surface area (Å²) in [7, 11) is 0. The summed E-state index contributed by atoms with van der Waals surface area (Å²) in [4.78, 5) is 12.4. The Balaban J connectivity index is 2.04. The Kier molecular flexibility index (Phi) is 6.31. The Morgan fingerprint density at radius 3 is 2.60 bits per heavy atom. The minimum absolute atomic E-state index is 0.130. The zero-order valence-electron chi connectivity index (χ0n) is 15.1. The molecule has 0 bridgehead atoms. The van der Waals surface area contributed by atoms with Crippen LogP contribution in [0.3, 0.4) is 0 Å². The van der Waals surface area contributed by atoms with Crippen molar-refractivity contribution in [1.82, 2.24) is 15.1 Å². The van der Waals surface area contributed by atoms with Crippen LogP contribution in [-0.4, -0.2) is 33.9 Å².